The maximum atomic E-state index is 8.99. The molecule has 0 aromatic heterocycles. The summed E-state index contributed by atoms with van der Waals surface area (Å²) in [7, 11) is 0. The van der Waals surface area contributed by atoms with Crippen LogP contribution in [0.5, 0.6) is 0 Å². The predicted molar refractivity (Wildman–Crippen MR) is 41.5 cm³/mol. The van der Waals surface area contributed by atoms with Crippen LogP contribution in [0, 0.1) is 0 Å². The topological polar surface area (TPSA) is 20.2 Å². The lowest BCUT2D eigenvalue weighted by atomic mass is 10.1. The van der Waals surface area contributed by atoms with Crippen LogP contribution in [0.4, 0.5) is 0 Å². The third-order valence-electron chi connectivity index (χ3n) is 1.17. The van der Waals surface area contributed by atoms with Crippen LogP contribution >= 0.6 is 15.9 Å². The summed E-state index contributed by atoms with van der Waals surface area (Å²) in [5.74, 6) is 0.290. The first-order valence-electron chi connectivity index (χ1n) is 2.63. The van der Waals surface area contributed by atoms with Crippen LogP contribution in [0.3, 0.4) is 0 Å². The van der Waals surface area contributed by atoms with Gasteiger partial charge >= 0.3 is 0 Å². The smallest absolute Gasteiger partial charge is 0.118 e. The lowest BCUT2D eigenvalue weighted by molar-refractivity contribution is 0.420. The van der Waals surface area contributed by atoms with Crippen molar-refractivity contribution >= 4 is 15.9 Å². The van der Waals surface area contributed by atoms with Crippen molar-refractivity contribution in [2.45, 2.75) is 6.42 Å². The van der Waals surface area contributed by atoms with Crippen LogP contribution in [0.25, 0.3) is 0 Å². The SMILES string of the molecule is C=C1CC(Br)=CC=C1O. The van der Waals surface area contributed by atoms with E-state index >= 15 is 0 Å². The Bertz CT molecular complexity index is 201. The molecule has 1 nitrogen and oxygen atoms in total. The molecule has 1 rings (SSSR count). The average molecular weight is 187 g/mol. The van der Waals surface area contributed by atoms with Crippen molar-refractivity contribution < 1.29 is 5.11 Å². The van der Waals surface area contributed by atoms with E-state index in [2.05, 4.69) is 22.5 Å². The molecule has 0 aromatic rings. The Labute approximate surface area is 62.5 Å². The molecule has 1 aliphatic carbocycles. The van der Waals surface area contributed by atoms with E-state index in [9.17, 15) is 0 Å². The van der Waals surface area contributed by atoms with Gasteiger partial charge in [-0.25, -0.2) is 0 Å². The first-order chi connectivity index (χ1) is 4.20. The highest BCUT2D eigenvalue weighted by molar-refractivity contribution is 9.11. The summed E-state index contributed by atoms with van der Waals surface area (Å²) >= 11 is 3.30. The number of hydrogen-bond acceptors (Lipinski definition) is 1. The molecule has 2 heteroatoms. The number of halogens is 1. The summed E-state index contributed by atoms with van der Waals surface area (Å²) in [6, 6.07) is 0. The van der Waals surface area contributed by atoms with Crippen LogP contribution in [0.1, 0.15) is 6.42 Å². The van der Waals surface area contributed by atoms with Crippen molar-refractivity contribution in [1.29, 1.82) is 0 Å². The Morgan fingerprint density at radius 2 is 2.22 bits per heavy atom. The van der Waals surface area contributed by atoms with E-state index in [1.807, 2.05) is 6.08 Å². The van der Waals surface area contributed by atoms with Crippen molar-refractivity contribution in [2.75, 3.05) is 0 Å². The van der Waals surface area contributed by atoms with Crippen molar-refractivity contribution in [2.24, 2.45) is 0 Å². The molecule has 0 aliphatic heterocycles. The molecule has 0 spiro atoms. The summed E-state index contributed by atoms with van der Waals surface area (Å²) in [4.78, 5) is 0. The number of allylic oxidation sites excluding steroid dienone is 4. The highest BCUT2D eigenvalue weighted by Gasteiger charge is 2.05. The molecule has 0 heterocycles. The zero-order valence-corrected chi connectivity index (χ0v) is 6.48. The number of aliphatic hydroxyl groups excluding tert-OH is 1. The molecule has 1 aliphatic rings. The fourth-order valence-electron chi connectivity index (χ4n) is 0.641. The molecule has 0 amide bonds. The van der Waals surface area contributed by atoms with E-state index in [0.717, 1.165) is 16.5 Å². The van der Waals surface area contributed by atoms with E-state index in [1.54, 1.807) is 6.08 Å². The molecule has 0 radical (unpaired) electrons. The van der Waals surface area contributed by atoms with Gasteiger partial charge in [-0.3, -0.25) is 0 Å². The Morgan fingerprint density at radius 3 is 2.67 bits per heavy atom. The van der Waals surface area contributed by atoms with Gasteiger partial charge in [0.2, 0.25) is 0 Å². The number of aliphatic hydroxyl groups is 1. The van der Waals surface area contributed by atoms with E-state index in [4.69, 9.17) is 5.11 Å². The summed E-state index contributed by atoms with van der Waals surface area (Å²) in [6.45, 7) is 3.66. The maximum Gasteiger partial charge on any atom is 0.118 e. The van der Waals surface area contributed by atoms with Gasteiger partial charge in [0, 0.05) is 6.42 Å². The van der Waals surface area contributed by atoms with Crippen molar-refractivity contribution in [3.05, 3.63) is 34.5 Å². The molecule has 48 valence electrons. The van der Waals surface area contributed by atoms with Crippen molar-refractivity contribution in [1.82, 2.24) is 0 Å². The normalized spacial score (nSPS) is 19.0. The second-order valence-corrected chi connectivity index (χ2v) is 2.96. The Kier molecular flexibility index (Phi) is 1.76. The third-order valence-corrected chi connectivity index (χ3v) is 1.71. The van der Waals surface area contributed by atoms with Crippen molar-refractivity contribution in [3.63, 3.8) is 0 Å². The molecule has 0 unspecified atom stereocenters. The van der Waals surface area contributed by atoms with Gasteiger partial charge in [-0.05, 0) is 22.2 Å². The van der Waals surface area contributed by atoms with Crippen molar-refractivity contribution in [3.8, 4) is 0 Å². The minimum atomic E-state index is 0.290. The molecular weight excluding hydrogens is 180 g/mol. The monoisotopic (exact) mass is 186 g/mol. The van der Waals surface area contributed by atoms with Crippen LogP contribution < -0.4 is 0 Å². The Hall–Kier alpha value is -0.500. The summed E-state index contributed by atoms with van der Waals surface area (Å²) in [5, 5.41) is 8.99. The summed E-state index contributed by atoms with van der Waals surface area (Å²) < 4.78 is 1.06. The second-order valence-electron chi connectivity index (χ2n) is 1.95. The van der Waals surface area contributed by atoms with Gasteiger partial charge in [-0.1, -0.05) is 22.5 Å². The molecule has 1 N–H and O–H groups in total. The zero-order valence-electron chi connectivity index (χ0n) is 4.89. The predicted octanol–water partition coefficient (Wildman–Crippen LogP) is 2.67. The second kappa shape index (κ2) is 2.40. The Balaban J connectivity index is 2.86. The lowest BCUT2D eigenvalue weighted by Crippen LogP contribution is -1.91. The highest BCUT2D eigenvalue weighted by atomic mass is 79.9. The standard InChI is InChI=1S/C7H7BrO/c1-5-4-6(8)2-3-7(5)9/h2-3,9H,1,4H2. The van der Waals surface area contributed by atoms with Gasteiger partial charge < -0.3 is 5.11 Å². The van der Waals surface area contributed by atoms with E-state index in [-0.39, 0.29) is 0 Å². The zero-order chi connectivity index (χ0) is 6.85. The molecule has 0 fully saturated rings. The molecular formula is C7H7BrO. The Morgan fingerprint density at radius 1 is 1.56 bits per heavy atom. The minimum Gasteiger partial charge on any atom is -0.508 e. The number of rotatable bonds is 0. The molecule has 9 heavy (non-hydrogen) atoms. The van der Waals surface area contributed by atoms with Gasteiger partial charge in [0.1, 0.15) is 5.76 Å². The van der Waals surface area contributed by atoms with Gasteiger partial charge in [0.25, 0.3) is 0 Å². The van der Waals surface area contributed by atoms with Gasteiger partial charge in [0.15, 0.2) is 0 Å². The summed E-state index contributed by atoms with van der Waals surface area (Å²) in [6.07, 6.45) is 4.18. The highest BCUT2D eigenvalue weighted by Crippen LogP contribution is 2.24. The average Bonchev–Trinajstić information content (AvgIpc) is 1.80. The van der Waals surface area contributed by atoms with Gasteiger partial charge in [-0.2, -0.15) is 0 Å². The van der Waals surface area contributed by atoms with Crippen LogP contribution in [0.15, 0.2) is 34.5 Å². The lowest BCUT2D eigenvalue weighted by Gasteiger charge is -2.07. The fraction of sp³-hybridized carbons (Fsp3) is 0.143. The first-order valence-corrected chi connectivity index (χ1v) is 3.43. The first kappa shape index (κ1) is 6.62. The van der Waals surface area contributed by atoms with Crippen LogP contribution in [-0.2, 0) is 0 Å². The third kappa shape index (κ3) is 1.45. The molecule has 0 bridgehead atoms. The minimum absolute atomic E-state index is 0.290. The maximum absolute atomic E-state index is 8.99. The van der Waals surface area contributed by atoms with Crippen LogP contribution in [0.2, 0.25) is 0 Å². The summed E-state index contributed by atoms with van der Waals surface area (Å²) in [5.41, 5.74) is 0.768. The molecule has 0 saturated carbocycles. The number of hydrogen-bond donors (Lipinski definition) is 1. The van der Waals surface area contributed by atoms with Gasteiger partial charge in [-0.15, -0.1) is 0 Å². The van der Waals surface area contributed by atoms with E-state index in [0.29, 0.717) is 5.76 Å². The van der Waals surface area contributed by atoms with Gasteiger partial charge in [0.05, 0.1) is 0 Å². The van der Waals surface area contributed by atoms with E-state index < -0.39 is 0 Å². The molecule has 0 atom stereocenters. The van der Waals surface area contributed by atoms with E-state index in [1.165, 1.54) is 0 Å². The van der Waals surface area contributed by atoms with Crippen LogP contribution in [-0.4, -0.2) is 5.11 Å². The quantitative estimate of drug-likeness (QED) is 0.617. The molecule has 0 saturated heterocycles. The molecule has 0 aromatic carbocycles. The fourth-order valence-corrected chi connectivity index (χ4v) is 1.11. The largest absolute Gasteiger partial charge is 0.508 e.